The van der Waals surface area contributed by atoms with Gasteiger partial charge in [0, 0.05) is 46.8 Å². The first kappa shape index (κ1) is 30.7. The number of hydrogen-bond donors (Lipinski definition) is 2. The number of nitrogens with one attached hydrogen (secondary N) is 1. The molecule has 4 aliphatic heterocycles. The number of rotatable bonds is 6. The number of likely N-dealkylation sites (N-methyl/N-ethyl adjacent to an activating group) is 1. The van der Waals surface area contributed by atoms with Gasteiger partial charge in [-0.2, -0.15) is 5.26 Å². The predicted molar refractivity (Wildman–Crippen MR) is 164 cm³/mol. The van der Waals surface area contributed by atoms with Crippen LogP contribution in [0.2, 0.25) is 0 Å². The molecular formula is C34H40N4O7. The molecule has 4 heterocycles. The van der Waals surface area contributed by atoms with Gasteiger partial charge in [0.05, 0.1) is 18.2 Å². The molecule has 2 aromatic carbocycles. The van der Waals surface area contributed by atoms with E-state index in [4.69, 9.17) is 18.9 Å². The van der Waals surface area contributed by atoms with Gasteiger partial charge in [-0.05, 0) is 57.4 Å². The summed E-state index contributed by atoms with van der Waals surface area (Å²) in [5.41, 5.74) is 5.72. The minimum Gasteiger partial charge on any atom is -0.507 e. The third-order valence-electron chi connectivity index (χ3n) is 9.93. The van der Waals surface area contributed by atoms with E-state index in [1.807, 2.05) is 34.7 Å². The van der Waals surface area contributed by atoms with Gasteiger partial charge in [-0.1, -0.05) is 32.6 Å². The van der Waals surface area contributed by atoms with Gasteiger partial charge >= 0.3 is 6.16 Å². The highest BCUT2D eigenvalue weighted by Crippen LogP contribution is 2.57. The lowest BCUT2D eigenvalue weighted by Crippen LogP contribution is -2.68. The molecule has 4 aliphatic rings. The van der Waals surface area contributed by atoms with Crippen LogP contribution >= 0.6 is 0 Å². The van der Waals surface area contributed by atoms with E-state index in [-0.39, 0.29) is 55.6 Å². The SMILES string of the molecule is C=CCOC(=O)Oc1c(C)c2c(c3c1CC1[C@H]4c5c(cc(C)c(C)c5O)C[C@@H]([C@H](C#N)N1[C@H]3CNC(=O)C(C)C)N4C)OCO2. The van der Waals surface area contributed by atoms with E-state index in [0.29, 0.717) is 41.2 Å². The van der Waals surface area contributed by atoms with Crippen molar-refractivity contribution in [2.24, 2.45) is 5.92 Å². The maximum Gasteiger partial charge on any atom is 0.514 e. The first-order valence-corrected chi connectivity index (χ1v) is 15.4. The normalized spacial score (nSPS) is 24.6. The average Bonchev–Trinajstić information content (AvgIpc) is 3.50. The lowest BCUT2D eigenvalue weighted by Gasteiger charge is -2.60. The lowest BCUT2D eigenvalue weighted by atomic mass is 9.71. The van der Waals surface area contributed by atoms with Crippen LogP contribution in [0, 0.1) is 38.0 Å². The molecule has 6 rings (SSSR count). The summed E-state index contributed by atoms with van der Waals surface area (Å²) in [5, 5.41) is 25.5. The molecule has 238 valence electrons. The minimum absolute atomic E-state index is 0.0161. The molecule has 0 aliphatic carbocycles. The fraction of sp³-hybridized carbons (Fsp3) is 0.500. The summed E-state index contributed by atoms with van der Waals surface area (Å²) in [6, 6.07) is 2.87. The molecule has 11 heteroatoms. The number of phenols is 1. The number of nitriles is 1. The molecule has 1 saturated heterocycles. The Kier molecular flexibility index (Phi) is 7.91. The van der Waals surface area contributed by atoms with Crippen molar-refractivity contribution in [2.75, 3.05) is 27.0 Å². The van der Waals surface area contributed by atoms with Crippen LogP contribution in [0.25, 0.3) is 0 Å². The largest absolute Gasteiger partial charge is 0.514 e. The molecule has 0 radical (unpaired) electrons. The van der Waals surface area contributed by atoms with Gasteiger partial charge in [0.1, 0.15) is 24.1 Å². The van der Waals surface area contributed by atoms with Crippen LogP contribution in [0.3, 0.4) is 0 Å². The number of piperazine rings is 1. The van der Waals surface area contributed by atoms with Crippen molar-refractivity contribution in [3.8, 4) is 29.1 Å². The summed E-state index contributed by atoms with van der Waals surface area (Å²) in [6.07, 6.45) is 1.54. The minimum atomic E-state index is -0.881. The summed E-state index contributed by atoms with van der Waals surface area (Å²) < 4.78 is 23.1. The molecule has 45 heavy (non-hydrogen) atoms. The van der Waals surface area contributed by atoms with E-state index < -0.39 is 18.2 Å². The first-order valence-electron chi connectivity index (χ1n) is 15.4. The Morgan fingerprint density at radius 2 is 1.91 bits per heavy atom. The van der Waals surface area contributed by atoms with E-state index >= 15 is 0 Å². The molecule has 1 unspecified atom stereocenters. The second-order valence-corrected chi connectivity index (χ2v) is 12.7. The van der Waals surface area contributed by atoms with Crippen molar-refractivity contribution in [3.63, 3.8) is 0 Å². The molecule has 2 N–H and O–H groups in total. The number of aryl methyl sites for hydroxylation is 1. The van der Waals surface area contributed by atoms with Gasteiger partial charge in [0.2, 0.25) is 12.7 Å². The molecule has 1 amide bonds. The molecule has 1 fully saturated rings. The fourth-order valence-corrected chi connectivity index (χ4v) is 7.67. The monoisotopic (exact) mass is 616 g/mol. The predicted octanol–water partition coefficient (Wildman–Crippen LogP) is 4.29. The second-order valence-electron chi connectivity index (χ2n) is 12.7. The Morgan fingerprint density at radius 3 is 2.60 bits per heavy atom. The van der Waals surface area contributed by atoms with Gasteiger partial charge in [-0.15, -0.1) is 0 Å². The van der Waals surface area contributed by atoms with E-state index in [9.17, 15) is 20.0 Å². The molecule has 0 spiro atoms. The van der Waals surface area contributed by atoms with Crippen molar-refractivity contribution in [1.82, 2.24) is 15.1 Å². The maximum atomic E-state index is 12.9. The number of phenolic OH excluding ortho intramolecular Hbond substituents is 1. The number of amides is 1. The van der Waals surface area contributed by atoms with Gasteiger partial charge < -0.3 is 29.4 Å². The average molecular weight is 617 g/mol. The summed E-state index contributed by atoms with van der Waals surface area (Å²) in [6.45, 7) is 13.1. The van der Waals surface area contributed by atoms with Crippen LogP contribution in [0.1, 0.15) is 64.9 Å². The van der Waals surface area contributed by atoms with Gasteiger partial charge in [0.25, 0.3) is 0 Å². The van der Waals surface area contributed by atoms with Crippen molar-refractivity contribution >= 4 is 12.1 Å². The zero-order valence-corrected chi connectivity index (χ0v) is 26.6. The van der Waals surface area contributed by atoms with Crippen LogP contribution in [-0.4, -0.2) is 72.1 Å². The first-order chi connectivity index (χ1) is 21.5. The number of hydrogen-bond acceptors (Lipinski definition) is 10. The van der Waals surface area contributed by atoms with E-state index in [1.165, 1.54) is 6.08 Å². The zero-order valence-electron chi connectivity index (χ0n) is 26.6. The third-order valence-corrected chi connectivity index (χ3v) is 9.93. The van der Waals surface area contributed by atoms with E-state index in [0.717, 1.165) is 27.8 Å². The van der Waals surface area contributed by atoms with Crippen LogP contribution in [-0.2, 0) is 22.4 Å². The van der Waals surface area contributed by atoms with E-state index in [2.05, 4.69) is 33.8 Å². The molecule has 5 atom stereocenters. The standard InChI is InChI=1S/C34H40N4O7/c1-8-9-42-34(41)45-30-19(6)31-32(44-15-43-31)27-21(30)12-23-28-26-20(10-17(4)18(5)29(26)39)11-22(37(28)7)24(13-35)38(23)25(27)14-36-33(40)16(2)3/h8,10,16,22-25,28,39H,1,9,11-12,14-15H2,2-7H3,(H,36,40)/t22-,23?,24-,25-,28-/m0/s1. The summed E-state index contributed by atoms with van der Waals surface area (Å²) in [5.74, 6) is 1.17. The highest BCUT2D eigenvalue weighted by molar-refractivity contribution is 5.78. The second kappa shape index (κ2) is 11.6. The van der Waals surface area contributed by atoms with Crippen molar-refractivity contribution in [3.05, 3.63) is 57.7 Å². The van der Waals surface area contributed by atoms with Gasteiger partial charge in [-0.3, -0.25) is 14.6 Å². The van der Waals surface area contributed by atoms with Gasteiger partial charge in [-0.25, -0.2) is 4.79 Å². The van der Waals surface area contributed by atoms with Gasteiger partial charge in [0.15, 0.2) is 11.5 Å². The number of carbonyl (C=O) groups is 2. The summed E-state index contributed by atoms with van der Waals surface area (Å²) >= 11 is 0. The Hall–Kier alpha value is -4.27. The number of fused-ring (bicyclic) bond motifs is 9. The van der Waals surface area contributed by atoms with Crippen molar-refractivity contribution < 1.29 is 33.6 Å². The number of benzene rings is 2. The van der Waals surface area contributed by atoms with Crippen LogP contribution in [0.5, 0.6) is 23.0 Å². The molecule has 11 nitrogen and oxygen atoms in total. The van der Waals surface area contributed by atoms with Crippen LogP contribution < -0.4 is 19.5 Å². The number of ether oxygens (including phenoxy) is 4. The maximum absolute atomic E-state index is 12.9. The number of nitrogens with zero attached hydrogens (tertiary/aromatic N) is 3. The Balaban J connectivity index is 1.58. The number of aromatic hydroxyl groups is 1. The molecular weight excluding hydrogens is 576 g/mol. The summed E-state index contributed by atoms with van der Waals surface area (Å²) in [7, 11) is 2.01. The molecule has 0 aromatic heterocycles. The smallest absolute Gasteiger partial charge is 0.507 e. The zero-order chi connectivity index (χ0) is 32.3. The van der Waals surface area contributed by atoms with E-state index in [1.54, 1.807) is 6.92 Å². The fourth-order valence-electron chi connectivity index (χ4n) is 7.67. The van der Waals surface area contributed by atoms with Crippen molar-refractivity contribution in [1.29, 1.82) is 5.26 Å². The molecule has 2 aromatic rings. The summed E-state index contributed by atoms with van der Waals surface area (Å²) in [4.78, 5) is 30.2. The Morgan fingerprint density at radius 1 is 1.18 bits per heavy atom. The quantitative estimate of drug-likeness (QED) is 0.275. The Labute approximate surface area is 263 Å². The third kappa shape index (κ3) is 4.78. The Bertz CT molecular complexity index is 1630. The topological polar surface area (TPSA) is 134 Å². The lowest BCUT2D eigenvalue weighted by molar-refractivity contribution is -0.125. The highest BCUT2D eigenvalue weighted by Gasteiger charge is 2.56. The molecule has 0 saturated carbocycles. The number of carbonyl (C=O) groups excluding carboxylic acids is 2. The highest BCUT2D eigenvalue weighted by atomic mass is 16.7. The molecule has 2 bridgehead atoms. The van der Waals surface area contributed by atoms with Crippen LogP contribution in [0.15, 0.2) is 18.7 Å². The van der Waals surface area contributed by atoms with Crippen LogP contribution in [0.4, 0.5) is 4.79 Å². The van der Waals surface area contributed by atoms with Crippen molar-refractivity contribution in [2.45, 2.75) is 77.7 Å².